The molecule has 6 amide bonds. The molecule has 0 aromatic carbocycles. The van der Waals surface area contributed by atoms with Gasteiger partial charge in [0, 0.05) is 24.2 Å². The second-order valence-electron chi connectivity index (χ2n) is 14.2. The molecule has 0 unspecified atom stereocenters. The summed E-state index contributed by atoms with van der Waals surface area (Å²) < 4.78 is 0. The van der Waals surface area contributed by atoms with Gasteiger partial charge >= 0.3 is 11.8 Å². The van der Waals surface area contributed by atoms with Gasteiger partial charge < -0.3 is 9.80 Å². The lowest BCUT2D eigenvalue weighted by atomic mass is 9.91. The molecule has 6 aliphatic rings. The van der Waals surface area contributed by atoms with Crippen molar-refractivity contribution in [3.63, 3.8) is 0 Å². The van der Waals surface area contributed by atoms with Crippen molar-refractivity contribution in [1.82, 2.24) is 19.6 Å². The number of amides is 6. The van der Waals surface area contributed by atoms with Crippen molar-refractivity contribution in [3.05, 3.63) is 0 Å². The third kappa shape index (κ3) is 6.06. The topological polar surface area (TPSA) is 115 Å². The van der Waals surface area contributed by atoms with E-state index in [0.717, 1.165) is 103 Å². The first kappa shape index (κ1) is 31.2. The van der Waals surface area contributed by atoms with Crippen molar-refractivity contribution in [2.24, 2.45) is 0 Å². The predicted octanol–water partition coefficient (Wildman–Crippen LogP) is 4.23. The van der Waals surface area contributed by atoms with E-state index in [1.165, 1.54) is 19.6 Å². The molecule has 4 aliphatic carbocycles. The number of hydrogen-bond acceptors (Lipinski definition) is 6. The van der Waals surface area contributed by atoms with Gasteiger partial charge in [-0.25, -0.2) is 0 Å². The lowest BCUT2D eigenvalue weighted by Crippen LogP contribution is -2.60. The summed E-state index contributed by atoms with van der Waals surface area (Å²) in [6, 6.07) is -2.87. The summed E-state index contributed by atoms with van der Waals surface area (Å²) in [6.07, 6.45) is 17.4. The van der Waals surface area contributed by atoms with Crippen LogP contribution in [0.15, 0.2) is 0 Å². The van der Waals surface area contributed by atoms with Gasteiger partial charge in [-0.15, -0.1) is 0 Å². The van der Waals surface area contributed by atoms with E-state index in [9.17, 15) is 28.8 Å². The minimum absolute atomic E-state index is 0.0927. The molecule has 242 valence electrons. The molecule has 0 aromatic rings. The summed E-state index contributed by atoms with van der Waals surface area (Å²) in [5.41, 5.74) is 0. The van der Waals surface area contributed by atoms with Crippen LogP contribution in [0.4, 0.5) is 0 Å². The Labute approximate surface area is 261 Å². The Morgan fingerprint density at radius 2 is 0.750 bits per heavy atom. The first-order valence-corrected chi connectivity index (χ1v) is 17.7. The SMILES string of the molecule is O=C1C[C@@H](N(C(=O)C(=O)N(C2CCCCC2)[C@@H]2CC(=O)N(C3CCCCC3)C2=O)C2CCCCC2)C(=O)N1C1CCCCC1. The molecule has 2 aliphatic heterocycles. The molecule has 6 fully saturated rings. The van der Waals surface area contributed by atoms with E-state index >= 15 is 0 Å². The number of imide groups is 2. The Balaban J connectivity index is 1.29. The zero-order chi connectivity index (χ0) is 30.8. The van der Waals surface area contributed by atoms with Crippen molar-refractivity contribution < 1.29 is 28.8 Å². The quantitative estimate of drug-likeness (QED) is 0.328. The average Bonchev–Trinajstić information content (AvgIpc) is 3.51. The standard InChI is InChI=1S/C34H50N4O6/c39-29-21-27(31(41)37(29)25-17-9-3-10-18-25)35(23-13-5-1-6-14-23)33(43)34(44)36(24-15-7-2-8-16-24)28-22-30(40)38(32(28)42)26-19-11-4-12-20-26/h23-28H,1-22H2/t27-,28-/m1/s1. The monoisotopic (exact) mass is 610 g/mol. The molecule has 2 saturated heterocycles. The van der Waals surface area contributed by atoms with Gasteiger partial charge in [-0.2, -0.15) is 0 Å². The van der Waals surface area contributed by atoms with Crippen LogP contribution in [-0.4, -0.2) is 91.3 Å². The van der Waals surface area contributed by atoms with Crippen LogP contribution in [0.2, 0.25) is 0 Å². The molecule has 4 saturated carbocycles. The van der Waals surface area contributed by atoms with Crippen molar-refractivity contribution in [2.45, 2.75) is 178 Å². The molecule has 2 atom stereocenters. The Morgan fingerprint density at radius 3 is 1.07 bits per heavy atom. The first-order valence-electron chi connectivity index (χ1n) is 17.7. The Morgan fingerprint density at radius 1 is 0.455 bits per heavy atom. The second kappa shape index (κ2) is 13.7. The van der Waals surface area contributed by atoms with Gasteiger partial charge in [-0.05, 0) is 51.4 Å². The number of carbonyl (C=O) groups is 6. The highest BCUT2D eigenvalue weighted by Crippen LogP contribution is 2.36. The van der Waals surface area contributed by atoms with Gasteiger partial charge in [0.25, 0.3) is 11.8 Å². The van der Waals surface area contributed by atoms with Crippen LogP contribution in [0, 0.1) is 0 Å². The van der Waals surface area contributed by atoms with Crippen LogP contribution >= 0.6 is 0 Å². The van der Waals surface area contributed by atoms with Crippen molar-refractivity contribution >= 4 is 35.4 Å². The Kier molecular flexibility index (Phi) is 9.71. The van der Waals surface area contributed by atoms with Crippen molar-refractivity contribution in [3.8, 4) is 0 Å². The van der Waals surface area contributed by atoms with Crippen LogP contribution < -0.4 is 0 Å². The van der Waals surface area contributed by atoms with Gasteiger partial charge in [0.1, 0.15) is 12.1 Å². The molecular formula is C34H50N4O6. The summed E-state index contributed by atoms with van der Waals surface area (Å²) in [5, 5.41) is 0. The molecule has 2 heterocycles. The molecule has 0 N–H and O–H groups in total. The zero-order valence-corrected chi connectivity index (χ0v) is 26.3. The molecule has 0 bridgehead atoms. The number of likely N-dealkylation sites (tertiary alicyclic amines) is 2. The summed E-state index contributed by atoms with van der Waals surface area (Å²) in [5.74, 6) is -2.78. The van der Waals surface area contributed by atoms with E-state index in [1.54, 1.807) is 0 Å². The van der Waals surface area contributed by atoms with Crippen LogP contribution in [0.3, 0.4) is 0 Å². The van der Waals surface area contributed by atoms with Crippen LogP contribution in [-0.2, 0) is 28.8 Å². The highest BCUT2D eigenvalue weighted by atomic mass is 16.2. The molecule has 6 rings (SSSR count). The fraction of sp³-hybridized carbons (Fsp3) is 0.824. The van der Waals surface area contributed by atoms with Crippen molar-refractivity contribution in [2.75, 3.05) is 0 Å². The van der Waals surface area contributed by atoms with E-state index in [0.29, 0.717) is 25.7 Å². The molecule has 0 aromatic heterocycles. The molecular weight excluding hydrogens is 560 g/mol. The second-order valence-corrected chi connectivity index (χ2v) is 14.2. The fourth-order valence-corrected chi connectivity index (χ4v) is 9.21. The van der Waals surface area contributed by atoms with Crippen molar-refractivity contribution in [1.29, 1.82) is 0 Å². The van der Waals surface area contributed by atoms with Gasteiger partial charge in [0.2, 0.25) is 11.8 Å². The maximum absolute atomic E-state index is 14.5. The summed E-state index contributed by atoms with van der Waals surface area (Å²) in [4.78, 5) is 89.3. The summed E-state index contributed by atoms with van der Waals surface area (Å²) >= 11 is 0. The minimum Gasteiger partial charge on any atom is -0.319 e. The number of nitrogens with zero attached hydrogens (tertiary/aromatic N) is 4. The summed E-state index contributed by atoms with van der Waals surface area (Å²) in [7, 11) is 0. The van der Waals surface area contributed by atoms with Gasteiger partial charge in [-0.3, -0.25) is 38.6 Å². The van der Waals surface area contributed by atoms with E-state index in [2.05, 4.69) is 0 Å². The molecule has 44 heavy (non-hydrogen) atoms. The third-order valence-corrected chi connectivity index (χ3v) is 11.5. The van der Waals surface area contributed by atoms with Gasteiger partial charge in [0.05, 0.1) is 12.8 Å². The lowest BCUT2D eigenvalue weighted by Gasteiger charge is -2.41. The smallest absolute Gasteiger partial charge is 0.313 e. The first-order chi connectivity index (χ1) is 21.4. The molecule has 0 radical (unpaired) electrons. The fourth-order valence-electron chi connectivity index (χ4n) is 9.21. The van der Waals surface area contributed by atoms with E-state index < -0.39 is 23.9 Å². The third-order valence-electron chi connectivity index (χ3n) is 11.5. The Bertz CT molecular complexity index is 1040. The maximum atomic E-state index is 14.5. The minimum atomic E-state index is -0.989. The van der Waals surface area contributed by atoms with Crippen LogP contribution in [0.25, 0.3) is 0 Å². The van der Waals surface area contributed by atoms with Crippen LogP contribution in [0.1, 0.15) is 141 Å². The number of hydrogen-bond donors (Lipinski definition) is 0. The van der Waals surface area contributed by atoms with E-state index in [-0.39, 0.29) is 60.6 Å². The van der Waals surface area contributed by atoms with Gasteiger partial charge in [-0.1, -0.05) is 77.0 Å². The highest BCUT2D eigenvalue weighted by Gasteiger charge is 2.53. The molecule has 0 spiro atoms. The molecule has 10 nitrogen and oxygen atoms in total. The van der Waals surface area contributed by atoms with Gasteiger partial charge in [0.15, 0.2) is 0 Å². The normalized spacial score (nSPS) is 28.6. The number of carbonyl (C=O) groups excluding carboxylic acids is 6. The van der Waals surface area contributed by atoms with Crippen LogP contribution in [0.5, 0.6) is 0 Å². The lowest BCUT2D eigenvalue weighted by molar-refractivity contribution is -0.162. The molecule has 10 heteroatoms. The highest BCUT2D eigenvalue weighted by molar-refractivity contribution is 6.36. The maximum Gasteiger partial charge on any atom is 0.313 e. The summed E-state index contributed by atoms with van der Waals surface area (Å²) in [6.45, 7) is 0. The largest absolute Gasteiger partial charge is 0.319 e. The predicted molar refractivity (Wildman–Crippen MR) is 162 cm³/mol. The van der Waals surface area contributed by atoms with E-state index in [4.69, 9.17) is 0 Å². The van der Waals surface area contributed by atoms with E-state index in [1.807, 2.05) is 0 Å². The Hall–Kier alpha value is -2.78. The average molecular weight is 611 g/mol. The zero-order valence-electron chi connectivity index (χ0n) is 26.3. The number of rotatable bonds is 6.